The highest BCUT2D eigenvalue weighted by molar-refractivity contribution is 6.01. The molecule has 144 valence electrons. The third-order valence-electron chi connectivity index (χ3n) is 4.88. The zero-order valence-electron chi connectivity index (χ0n) is 16.1. The van der Waals surface area contributed by atoms with E-state index in [4.69, 9.17) is 4.74 Å². The molecule has 5 nitrogen and oxygen atoms in total. The van der Waals surface area contributed by atoms with E-state index in [0.717, 1.165) is 30.0 Å². The molecular formula is C23H25N3O2. The van der Waals surface area contributed by atoms with E-state index in [1.165, 1.54) is 24.9 Å². The summed E-state index contributed by atoms with van der Waals surface area (Å²) in [4.78, 5) is 14.8. The molecule has 1 aliphatic heterocycles. The Hall–Kier alpha value is -3.26. The minimum Gasteiger partial charge on any atom is -0.497 e. The normalized spacial score (nSPS) is 14.3. The highest BCUT2D eigenvalue weighted by Gasteiger charge is 2.12. The molecule has 0 aliphatic carbocycles. The van der Waals surface area contributed by atoms with Gasteiger partial charge in [-0.25, -0.2) is 0 Å². The number of anilines is 1. The van der Waals surface area contributed by atoms with Crippen LogP contribution in [0.4, 0.5) is 5.69 Å². The standard InChI is InChI=1S/C23H25N3O2/c1-28-22-7-5-6-19(15-22)17-25-23(27)20(16-24)14-18-8-10-21(11-9-18)26-12-3-2-4-13-26/h5-11,14-15H,2-4,12-13,17H2,1H3,(H,25,27)/b20-14+. The molecule has 1 amide bonds. The molecule has 3 rings (SSSR count). The molecule has 1 heterocycles. The van der Waals surface area contributed by atoms with E-state index in [-0.39, 0.29) is 11.5 Å². The van der Waals surface area contributed by atoms with Gasteiger partial charge in [0, 0.05) is 25.3 Å². The summed E-state index contributed by atoms with van der Waals surface area (Å²) in [6.07, 6.45) is 5.38. The van der Waals surface area contributed by atoms with Crippen LogP contribution in [0.25, 0.3) is 6.08 Å². The van der Waals surface area contributed by atoms with Crippen molar-refractivity contribution in [2.24, 2.45) is 0 Å². The van der Waals surface area contributed by atoms with Gasteiger partial charge in [-0.15, -0.1) is 0 Å². The average molecular weight is 375 g/mol. The van der Waals surface area contributed by atoms with Crippen molar-refractivity contribution in [2.75, 3.05) is 25.1 Å². The predicted octanol–water partition coefficient (Wildman–Crippen LogP) is 3.91. The van der Waals surface area contributed by atoms with Gasteiger partial charge >= 0.3 is 0 Å². The van der Waals surface area contributed by atoms with Gasteiger partial charge in [0.05, 0.1) is 7.11 Å². The third-order valence-corrected chi connectivity index (χ3v) is 4.88. The smallest absolute Gasteiger partial charge is 0.262 e. The summed E-state index contributed by atoms with van der Waals surface area (Å²) in [5, 5.41) is 12.2. The lowest BCUT2D eigenvalue weighted by Crippen LogP contribution is -2.29. The lowest BCUT2D eigenvalue weighted by molar-refractivity contribution is -0.117. The molecule has 2 aromatic carbocycles. The Labute approximate surface area is 166 Å². The topological polar surface area (TPSA) is 65.4 Å². The second-order valence-electron chi connectivity index (χ2n) is 6.84. The van der Waals surface area contributed by atoms with Gasteiger partial charge in [0.15, 0.2) is 0 Å². The minimum atomic E-state index is -0.384. The Morgan fingerprint density at radius 1 is 1.18 bits per heavy atom. The van der Waals surface area contributed by atoms with Gasteiger partial charge in [0.2, 0.25) is 0 Å². The fourth-order valence-corrected chi connectivity index (χ4v) is 3.31. The first kappa shape index (κ1) is 19.5. The Balaban J connectivity index is 1.63. The summed E-state index contributed by atoms with van der Waals surface area (Å²) >= 11 is 0. The number of hydrogen-bond acceptors (Lipinski definition) is 4. The van der Waals surface area contributed by atoms with E-state index in [2.05, 4.69) is 22.3 Å². The van der Waals surface area contributed by atoms with Gasteiger partial charge in [0.25, 0.3) is 5.91 Å². The lowest BCUT2D eigenvalue weighted by atomic mass is 10.1. The van der Waals surface area contributed by atoms with Crippen molar-refractivity contribution in [1.82, 2.24) is 5.32 Å². The van der Waals surface area contributed by atoms with Crippen LogP contribution in [0.15, 0.2) is 54.1 Å². The molecule has 5 heteroatoms. The quantitative estimate of drug-likeness (QED) is 0.614. The van der Waals surface area contributed by atoms with E-state index >= 15 is 0 Å². The maximum Gasteiger partial charge on any atom is 0.262 e. The first-order chi connectivity index (χ1) is 13.7. The van der Waals surface area contributed by atoms with Crippen molar-refractivity contribution in [3.63, 3.8) is 0 Å². The summed E-state index contributed by atoms with van der Waals surface area (Å²) < 4.78 is 5.18. The number of carbonyl (C=O) groups is 1. The van der Waals surface area contributed by atoms with Gasteiger partial charge in [-0.3, -0.25) is 4.79 Å². The summed E-state index contributed by atoms with van der Waals surface area (Å²) in [5.74, 6) is 0.349. The van der Waals surface area contributed by atoms with E-state index in [1.54, 1.807) is 13.2 Å². The molecule has 1 saturated heterocycles. The molecule has 0 bridgehead atoms. The molecule has 2 aromatic rings. The first-order valence-electron chi connectivity index (χ1n) is 9.57. The second kappa shape index (κ2) is 9.61. The highest BCUT2D eigenvalue weighted by Crippen LogP contribution is 2.21. The zero-order chi connectivity index (χ0) is 19.8. The molecule has 0 unspecified atom stereocenters. The number of nitriles is 1. The summed E-state index contributed by atoms with van der Waals surface area (Å²) in [6, 6.07) is 17.5. The summed E-state index contributed by atoms with van der Waals surface area (Å²) in [5.41, 5.74) is 3.04. The number of nitrogens with one attached hydrogen (secondary N) is 1. The fraction of sp³-hybridized carbons (Fsp3) is 0.304. The van der Waals surface area contributed by atoms with Crippen LogP contribution in [0.2, 0.25) is 0 Å². The van der Waals surface area contributed by atoms with Crippen molar-refractivity contribution < 1.29 is 9.53 Å². The number of ether oxygens (including phenoxy) is 1. The predicted molar refractivity (Wildman–Crippen MR) is 111 cm³/mol. The van der Waals surface area contributed by atoms with E-state index in [9.17, 15) is 10.1 Å². The van der Waals surface area contributed by atoms with Crippen molar-refractivity contribution in [2.45, 2.75) is 25.8 Å². The average Bonchev–Trinajstić information content (AvgIpc) is 2.77. The molecule has 1 aliphatic rings. The molecule has 0 spiro atoms. The number of amides is 1. The number of benzene rings is 2. The van der Waals surface area contributed by atoms with E-state index < -0.39 is 0 Å². The molecular weight excluding hydrogens is 350 g/mol. The Bertz CT molecular complexity index is 875. The molecule has 1 N–H and O–H groups in total. The van der Waals surface area contributed by atoms with Gasteiger partial charge in [0.1, 0.15) is 17.4 Å². The zero-order valence-corrected chi connectivity index (χ0v) is 16.1. The van der Waals surface area contributed by atoms with E-state index in [1.807, 2.05) is 42.5 Å². The first-order valence-corrected chi connectivity index (χ1v) is 9.57. The third kappa shape index (κ3) is 5.14. The number of nitrogens with zero attached hydrogens (tertiary/aromatic N) is 2. The molecule has 1 fully saturated rings. The fourth-order valence-electron chi connectivity index (χ4n) is 3.31. The maximum atomic E-state index is 12.4. The molecule has 0 aromatic heterocycles. The molecule has 0 atom stereocenters. The summed E-state index contributed by atoms with van der Waals surface area (Å²) in [7, 11) is 1.60. The Morgan fingerprint density at radius 3 is 2.61 bits per heavy atom. The van der Waals surface area contributed by atoms with Crippen molar-refractivity contribution in [1.29, 1.82) is 5.26 Å². The highest BCUT2D eigenvalue weighted by atomic mass is 16.5. The maximum absolute atomic E-state index is 12.4. The van der Waals surface area contributed by atoms with Crippen LogP contribution in [0.3, 0.4) is 0 Å². The SMILES string of the molecule is COc1cccc(CNC(=O)/C(C#N)=C/c2ccc(N3CCCCC3)cc2)c1. The van der Waals surface area contributed by atoms with Crippen LogP contribution in [0, 0.1) is 11.3 Å². The van der Waals surface area contributed by atoms with Gasteiger partial charge < -0.3 is 15.0 Å². The van der Waals surface area contributed by atoms with Crippen LogP contribution in [0.5, 0.6) is 5.75 Å². The minimum absolute atomic E-state index is 0.0913. The van der Waals surface area contributed by atoms with Gasteiger partial charge in [-0.05, 0) is 60.7 Å². The number of carbonyl (C=O) groups excluding carboxylic acids is 1. The van der Waals surface area contributed by atoms with Gasteiger partial charge in [-0.1, -0.05) is 24.3 Å². The molecule has 0 radical (unpaired) electrons. The van der Waals surface area contributed by atoms with Crippen LogP contribution in [-0.2, 0) is 11.3 Å². The number of rotatable bonds is 6. The number of hydrogen-bond donors (Lipinski definition) is 1. The van der Waals surface area contributed by atoms with Crippen LogP contribution in [0.1, 0.15) is 30.4 Å². The van der Waals surface area contributed by atoms with Gasteiger partial charge in [-0.2, -0.15) is 5.26 Å². The van der Waals surface area contributed by atoms with E-state index in [0.29, 0.717) is 6.54 Å². The van der Waals surface area contributed by atoms with Crippen LogP contribution >= 0.6 is 0 Å². The second-order valence-corrected chi connectivity index (χ2v) is 6.84. The largest absolute Gasteiger partial charge is 0.497 e. The Kier molecular flexibility index (Phi) is 6.69. The number of methoxy groups -OCH3 is 1. The molecule has 0 saturated carbocycles. The van der Waals surface area contributed by atoms with Crippen LogP contribution < -0.4 is 15.0 Å². The van der Waals surface area contributed by atoms with Crippen molar-refractivity contribution >= 4 is 17.7 Å². The van der Waals surface area contributed by atoms with Crippen molar-refractivity contribution in [3.8, 4) is 11.8 Å². The summed E-state index contributed by atoms with van der Waals surface area (Å²) in [6.45, 7) is 2.51. The number of piperidine rings is 1. The lowest BCUT2D eigenvalue weighted by Gasteiger charge is -2.28. The van der Waals surface area contributed by atoms with Crippen LogP contribution in [-0.4, -0.2) is 26.1 Å². The molecule has 28 heavy (non-hydrogen) atoms. The van der Waals surface area contributed by atoms with Crippen molar-refractivity contribution in [3.05, 3.63) is 65.2 Å². The monoisotopic (exact) mass is 375 g/mol. The Morgan fingerprint density at radius 2 is 1.93 bits per heavy atom.